The summed E-state index contributed by atoms with van der Waals surface area (Å²) in [6, 6.07) is 2.92. The van der Waals surface area contributed by atoms with Crippen LogP contribution in [0.1, 0.15) is 40.1 Å². The average Bonchev–Trinajstić information content (AvgIpc) is 3.05. The summed E-state index contributed by atoms with van der Waals surface area (Å²) in [5, 5.41) is 13.2. The molecular formula is C17H18N2O5. The molecule has 126 valence electrons. The lowest BCUT2D eigenvalue weighted by Gasteiger charge is -2.16. The molecule has 1 N–H and O–H groups in total. The third-order valence-corrected chi connectivity index (χ3v) is 3.79. The van der Waals surface area contributed by atoms with E-state index in [-0.39, 0.29) is 18.0 Å². The number of hydrogen-bond donors (Lipinski definition) is 1. The molecule has 0 bridgehead atoms. The minimum Gasteiger partial charge on any atom is -0.487 e. The van der Waals surface area contributed by atoms with Crippen LogP contribution in [0.2, 0.25) is 0 Å². The van der Waals surface area contributed by atoms with Gasteiger partial charge in [-0.15, -0.1) is 0 Å². The Bertz CT molecular complexity index is 822. The van der Waals surface area contributed by atoms with E-state index in [1.807, 2.05) is 13.8 Å². The van der Waals surface area contributed by atoms with Gasteiger partial charge >= 0.3 is 5.97 Å². The summed E-state index contributed by atoms with van der Waals surface area (Å²) < 4.78 is 12.9. The first-order chi connectivity index (χ1) is 11.2. The van der Waals surface area contributed by atoms with Crippen molar-refractivity contribution >= 4 is 11.8 Å². The van der Waals surface area contributed by atoms with Crippen molar-refractivity contribution < 1.29 is 24.2 Å². The van der Waals surface area contributed by atoms with Gasteiger partial charge in [0.05, 0.1) is 17.3 Å². The van der Waals surface area contributed by atoms with Gasteiger partial charge in [0, 0.05) is 25.2 Å². The minimum absolute atomic E-state index is 0.0651. The molecule has 24 heavy (non-hydrogen) atoms. The summed E-state index contributed by atoms with van der Waals surface area (Å²) in [4.78, 5) is 23.4. The number of ketones is 1. The van der Waals surface area contributed by atoms with Crippen LogP contribution >= 0.6 is 0 Å². The first-order valence-electron chi connectivity index (χ1n) is 7.49. The van der Waals surface area contributed by atoms with Crippen molar-refractivity contribution in [3.05, 3.63) is 41.2 Å². The van der Waals surface area contributed by atoms with Crippen LogP contribution in [0.3, 0.4) is 0 Å². The first-order valence-corrected chi connectivity index (χ1v) is 7.49. The maximum absolute atomic E-state index is 12.2. The molecule has 3 rings (SSSR count). The lowest BCUT2D eigenvalue weighted by atomic mass is 10.00. The zero-order valence-corrected chi connectivity index (χ0v) is 13.7. The quantitative estimate of drug-likeness (QED) is 0.844. The number of hydrogen-bond acceptors (Lipinski definition) is 5. The molecule has 0 amide bonds. The third kappa shape index (κ3) is 3.10. The number of rotatable bonds is 5. The van der Waals surface area contributed by atoms with Gasteiger partial charge in [0.2, 0.25) is 5.78 Å². The molecule has 7 nitrogen and oxygen atoms in total. The number of carbonyl (C=O) groups is 2. The maximum Gasteiger partial charge on any atom is 0.335 e. The van der Waals surface area contributed by atoms with Crippen molar-refractivity contribution in [3.8, 4) is 11.5 Å². The van der Waals surface area contributed by atoms with Crippen LogP contribution < -0.4 is 9.47 Å². The number of aryl methyl sites for hydroxylation is 1. The van der Waals surface area contributed by atoms with Crippen molar-refractivity contribution in [2.75, 3.05) is 6.61 Å². The van der Waals surface area contributed by atoms with Crippen LogP contribution in [0.5, 0.6) is 11.5 Å². The fraction of sp³-hybridized carbons (Fsp3) is 0.353. The summed E-state index contributed by atoms with van der Waals surface area (Å²) >= 11 is 0. The fourth-order valence-corrected chi connectivity index (χ4v) is 2.69. The molecule has 0 saturated heterocycles. The summed E-state index contributed by atoms with van der Waals surface area (Å²) in [6.07, 6.45) is 3.66. The molecule has 0 radical (unpaired) electrons. The molecule has 2 aromatic rings. The highest BCUT2D eigenvalue weighted by atomic mass is 16.5. The molecule has 1 aromatic carbocycles. The summed E-state index contributed by atoms with van der Waals surface area (Å²) in [6.45, 7) is 3.64. The van der Waals surface area contributed by atoms with Crippen molar-refractivity contribution in [3.63, 3.8) is 0 Å². The number of fused-ring (bicyclic) bond motifs is 1. The Morgan fingerprint density at radius 2 is 2.12 bits per heavy atom. The molecule has 0 atom stereocenters. The van der Waals surface area contributed by atoms with Crippen molar-refractivity contribution in [1.82, 2.24) is 9.78 Å². The SMILES string of the molecule is Cn1cc(C(=O)COc2cc(C(=O)O)cc3c2CC(C)(C)O3)cn1. The van der Waals surface area contributed by atoms with Crippen LogP contribution in [-0.2, 0) is 13.5 Å². The van der Waals surface area contributed by atoms with Crippen molar-refractivity contribution in [2.45, 2.75) is 25.9 Å². The second-order valence-electron chi connectivity index (χ2n) is 6.41. The summed E-state index contributed by atoms with van der Waals surface area (Å²) in [5.41, 5.74) is 0.852. The van der Waals surface area contributed by atoms with E-state index in [0.717, 1.165) is 5.56 Å². The first kappa shape index (κ1) is 16.0. The van der Waals surface area contributed by atoms with Gasteiger partial charge in [0.25, 0.3) is 0 Å². The third-order valence-electron chi connectivity index (χ3n) is 3.79. The number of nitrogens with zero attached hydrogens (tertiary/aromatic N) is 2. The van der Waals surface area contributed by atoms with Crippen molar-refractivity contribution in [2.24, 2.45) is 7.05 Å². The van der Waals surface area contributed by atoms with Gasteiger partial charge in [-0.1, -0.05) is 0 Å². The van der Waals surface area contributed by atoms with Gasteiger partial charge in [-0.05, 0) is 26.0 Å². The van der Waals surface area contributed by atoms with Crippen LogP contribution in [0.4, 0.5) is 0 Å². The number of aromatic carboxylic acids is 1. The highest BCUT2D eigenvalue weighted by Gasteiger charge is 2.33. The molecule has 1 aliphatic heterocycles. The smallest absolute Gasteiger partial charge is 0.335 e. The maximum atomic E-state index is 12.2. The van der Waals surface area contributed by atoms with E-state index in [1.165, 1.54) is 23.0 Å². The second kappa shape index (κ2) is 5.67. The Kier molecular flexibility index (Phi) is 3.79. The summed E-state index contributed by atoms with van der Waals surface area (Å²) in [7, 11) is 1.72. The topological polar surface area (TPSA) is 90.7 Å². The predicted molar refractivity (Wildman–Crippen MR) is 84.8 cm³/mol. The molecule has 7 heteroatoms. The van der Waals surface area contributed by atoms with E-state index in [2.05, 4.69) is 5.10 Å². The fourth-order valence-electron chi connectivity index (χ4n) is 2.69. The van der Waals surface area contributed by atoms with Gasteiger partial charge in [-0.3, -0.25) is 9.48 Å². The minimum atomic E-state index is -1.07. The number of carboxylic acids is 1. The number of aromatic nitrogens is 2. The van der Waals surface area contributed by atoms with E-state index in [9.17, 15) is 14.7 Å². The van der Waals surface area contributed by atoms with Crippen molar-refractivity contribution in [1.29, 1.82) is 0 Å². The highest BCUT2D eigenvalue weighted by Crippen LogP contribution is 2.41. The molecule has 2 heterocycles. The van der Waals surface area contributed by atoms with Gasteiger partial charge in [0.15, 0.2) is 6.61 Å². The van der Waals surface area contributed by atoms with Gasteiger partial charge in [0.1, 0.15) is 17.1 Å². The molecule has 0 unspecified atom stereocenters. The van der Waals surface area contributed by atoms with E-state index in [0.29, 0.717) is 23.5 Å². The molecular weight excluding hydrogens is 312 g/mol. The zero-order chi connectivity index (χ0) is 17.5. The number of ether oxygens (including phenoxy) is 2. The lowest BCUT2D eigenvalue weighted by Crippen LogP contribution is -2.24. The lowest BCUT2D eigenvalue weighted by molar-refractivity contribution is 0.0695. The standard InChI is InChI=1S/C17H18N2O5/c1-17(2)6-12-14(4-10(16(21)22)5-15(12)24-17)23-9-13(20)11-7-18-19(3)8-11/h4-5,7-8H,6,9H2,1-3H3,(H,21,22). The van der Waals surface area contributed by atoms with Gasteiger partial charge in [-0.2, -0.15) is 5.10 Å². The Hall–Kier alpha value is -2.83. The number of Topliss-reactive ketones (excluding diaryl/α,β-unsaturated/α-hetero) is 1. The van der Waals surface area contributed by atoms with E-state index >= 15 is 0 Å². The Balaban J connectivity index is 1.85. The molecule has 1 aromatic heterocycles. The Labute approximate surface area is 138 Å². The zero-order valence-electron chi connectivity index (χ0n) is 13.7. The van der Waals surface area contributed by atoms with E-state index in [1.54, 1.807) is 13.2 Å². The van der Waals surface area contributed by atoms with Crippen LogP contribution in [0, 0.1) is 0 Å². The van der Waals surface area contributed by atoms with E-state index in [4.69, 9.17) is 9.47 Å². The molecule has 0 saturated carbocycles. The average molecular weight is 330 g/mol. The molecule has 1 aliphatic rings. The normalized spacial score (nSPS) is 14.8. The second-order valence-corrected chi connectivity index (χ2v) is 6.41. The predicted octanol–water partition coefficient (Wildman–Crippen LogP) is 2.09. The monoisotopic (exact) mass is 330 g/mol. The molecule has 0 aliphatic carbocycles. The van der Waals surface area contributed by atoms with Crippen LogP contribution in [0.25, 0.3) is 0 Å². The Morgan fingerprint density at radius 3 is 2.75 bits per heavy atom. The van der Waals surface area contributed by atoms with Crippen LogP contribution in [-0.4, -0.2) is 38.8 Å². The van der Waals surface area contributed by atoms with Gasteiger partial charge in [-0.25, -0.2) is 4.79 Å². The Morgan fingerprint density at radius 1 is 1.38 bits per heavy atom. The van der Waals surface area contributed by atoms with Crippen LogP contribution in [0.15, 0.2) is 24.5 Å². The molecule has 0 spiro atoms. The van der Waals surface area contributed by atoms with E-state index < -0.39 is 11.6 Å². The summed E-state index contributed by atoms with van der Waals surface area (Å²) in [5.74, 6) is -0.443. The number of carboxylic acid groups (broad SMARTS) is 1. The number of carbonyl (C=O) groups excluding carboxylic acids is 1. The van der Waals surface area contributed by atoms with Gasteiger partial charge < -0.3 is 14.6 Å². The molecule has 0 fully saturated rings. The largest absolute Gasteiger partial charge is 0.487 e. The highest BCUT2D eigenvalue weighted by molar-refractivity contribution is 5.97. The number of benzene rings is 1.